The summed E-state index contributed by atoms with van der Waals surface area (Å²) >= 11 is 0. The number of hydrogen-bond acceptors (Lipinski definition) is 3. The first-order valence-electron chi connectivity index (χ1n) is 7.30. The molecule has 114 valence electrons. The van der Waals surface area contributed by atoms with Gasteiger partial charge in [0.1, 0.15) is 0 Å². The van der Waals surface area contributed by atoms with Crippen molar-refractivity contribution in [3.8, 4) is 0 Å². The zero-order valence-corrected chi connectivity index (χ0v) is 12.9. The molecule has 1 unspecified atom stereocenters. The summed E-state index contributed by atoms with van der Waals surface area (Å²) in [6, 6.07) is 7.05. The Balaban J connectivity index is 2.11. The zero-order valence-electron chi connectivity index (χ0n) is 12.9. The van der Waals surface area contributed by atoms with E-state index >= 15 is 0 Å². The van der Waals surface area contributed by atoms with Gasteiger partial charge in [0.2, 0.25) is 5.91 Å². The molecule has 1 aliphatic heterocycles. The number of anilines is 1. The summed E-state index contributed by atoms with van der Waals surface area (Å²) in [4.78, 5) is 25.9. The maximum atomic E-state index is 12.4. The lowest BCUT2D eigenvalue weighted by atomic mass is 9.90. The molecular weight excluding hydrogens is 266 g/mol. The Bertz CT molecular complexity index is 534. The van der Waals surface area contributed by atoms with Crippen molar-refractivity contribution >= 4 is 17.5 Å². The number of carbonyl (C=O) groups excluding carboxylic acids is 2. The second-order valence-electron chi connectivity index (χ2n) is 5.95. The quantitative estimate of drug-likeness (QED) is 0.893. The Kier molecular flexibility index (Phi) is 4.63. The van der Waals surface area contributed by atoms with Crippen LogP contribution in [-0.2, 0) is 4.79 Å². The molecule has 1 saturated heterocycles. The molecule has 5 heteroatoms. The van der Waals surface area contributed by atoms with Crippen molar-refractivity contribution in [1.29, 1.82) is 0 Å². The van der Waals surface area contributed by atoms with Gasteiger partial charge < -0.3 is 15.5 Å². The van der Waals surface area contributed by atoms with Crippen molar-refractivity contribution in [2.45, 2.75) is 31.7 Å². The van der Waals surface area contributed by atoms with Crippen LogP contribution in [0.2, 0.25) is 0 Å². The Labute approximate surface area is 125 Å². The highest BCUT2D eigenvalue weighted by Gasteiger charge is 2.34. The smallest absolute Gasteiger partial charge is 0.253 e. The minimum Gasteiger partial charge on any atom is -0.345 e. The van der Waals surface area contributed by atoms with E-state index in [-0.39, 0.29) is 11.8 Å². The van der Waals surface area contributed by atoms with Gasteiger partial charge >= 0.3 is 0 Å². The molecule has 0 spiro atoms. The third-order valence-corrected chi connectivity index (χ3v) is 3.89. The molecule has 0 aliphatic carbocycles. The average Bonchev–Trinajstić information content (AvgIpc) is 2.47. The number of amides is 2. The first-order valence-corrected chi connectivity index (χ1v) is 7.30. The van der Waals surface area contributed by atoms with Crippen LogP contribution in [0.1, 0.15) is 36.5 Å². The first-order chi connectivity index (χ1) is 9.92. The maximum Gasteiger partial charge on any atom is 0.253 e. The van der Waals surface area contributed by atoms with Crippen molar-refractivity contribution in [2.24, 2.45) is 0 Å². The van der Waals surface area contributed by atoms with E-state index in [9.17, 15) is 9.59 Å². The molecule has 0 aromatic heterocycles. The number of carbonyl (C=O) groups is 2. The summed E-state index contributed by atoms with van der Waals surface area (Å²) in [5.74, 6) is -0.121. The van der Waals surface area contributed by atoms with E-state index in [1.54, 1.807) is 38.4 Å². The number of rotatable bonds is 3. The minimum atomic E-state index is -0.528. The topological polar surface area (TPSA) is 61.4 Å². The van der Waals surface area contributed by atoms with Gasteiger partial charge in [0.15, 0.2) is 0 Å². The molecule has 1 fully saturated rings. The Morgan fingerprint density at radius 2 is 2.05 bits per heavy atom. The fraction of sp³-hybridized carbons (Fsp3) is 0.500. The molecule has 1 aromatic carbocycles. The van der Waals surface area contributed by atoms with Crippen LogP contribution in [0.15, 0.2) is 24.3 Å². The van der Waals surface area contributed by atoms with Crippen LogP contribution in [0, 0.1) is 0 Å². The van der Waals surface area contributed by atoms with Gasteiger partial charge in [0, 0.05) is 25.3 Å². The molecule has 1 aliphatic rings. The van der Waals surface area contributed by atoms with Gasteiger partial charge in [-0.05, 0) is 50.9 Å². The van der Waals surface area contributed by atoms with Gasteiger partial charge in [-0.15, -0.1) is 0 Å². The van der Waals surface area contributed by atoms with Gasteiger partial charge in [0.25, 0.3) is 5.91 Å². The second-order valence-corrected chi connectivity index (χ2v) is 5.95. The van der Waals surface area contributed by atoms with E-state index in [0.29, 0.717) is 11.3 Å². The molecule has 1 aromatic rings. The molecular formula is C16H23N3O2. The third kappa shape index (κ3) is 3.61. The van der Waals surface area contributed by atoms with Crippen LogP contribution < -0.4 is 10.6 Å². The summed E-state index contributed by atoms with van der Waals surface area (Å²) in [5.41, 5.74) is 0.695. The predicted molar refractivity (Wildman–Crippen MR) is 83.3 cm³/mol. The Hall–Kier alpha value is -1.88. The fourth-order valence-corrected chi connectivity index (χ4v) is 2.51. The van der Waals surface area contributed by atoms with E-state index in [1.165, 1.54) is 4.90 Å². The van der Waals surface area contributed by atoms with Crippen LogP contribution in [-0.4, -0.2) is 42.9 Å². The van der Waals surface area contributed by atoms with Crippen LogP contribution >= 0.6 is 0 Å². The molecule has 2 rings (SSSR count). The van der Waals surface area contributed by atoms with Gasteiger partial charge in [-0.25, -0.2) is 0 Å². The summed E-state index contributed by atoms with van der Waals surface area (Å²) < 4.78 is 0. The highest BCUT2D eigenvalue weighted by Crippen LogP contribution is 2.21. The SMILES string of the molecule is CN(C)C(=O)c1cccc(NC(=O)C2(C)CCCCN2)c1. The van der Waals surface area contributed by atoms with E-state index < -0.39 is 5.54 Å². The molecule has 2 N–H and O–H groups in total. The molecule has 1 atom stereocenters. The molecule has 5 nitrogen and oxygen atoms in total. The Morgan fingerprint density at radius 3 is 2.67 bits per heavy atom. The van der Waals surface area contributed by atoms with Crippen molar-refractivity contribution in [3.63, 3.8) is 0 Å². The largest absolute Gasteiger partial charge is 0.345 e. The standard InChI is InChI=1S/C16H23N3O2/c1-16(9-4-5-10-17-16)15(21)18-13-8-6-7-12(11-13)14(20)19(2)3/h6-8,11,17H,4-5,9-10H2,1-3H3,(H,18,21). The normalized spacial score (nSPS) is 21.7. The number of nitrogens with one attached hydrogen (secondary N) is 2. The lowest BCUT2D eigenvalue weighted by Gasteiger charge is -2.33. The lowest BCUT2D eigenvalue weighted by Crippen LogP contribution is -2.54. The lowest BCUT2D eigenvalue weighted by molar-refractivity contribution is -0.122. The molecule has 0 saturated carbocycles. The number of benzene rings is 1. The zero-order chi connectivity index (χ0) is 15.5. The van der Waals surface area contributed by atoms with Gasteiger partial charge in [-0.1, -0.05) is 6.07 Å². The van der Waals surface area contributed by atoms with E-state index in [1.807, 2.05) is 6.92 Å². The number of piperidine rings is 1. The van der Waals surface area contributed by atoms with Gasteiger partial charge in [0.05, 0.1) is 5.54 Å². The maximum absolute atomic E-state index is 12.4. The molecule has 21 heavy (non-hydrogen) atoms. The second kappa shape index (κ2) is 6.26. The van der Waals surface area contributed by atoms with E-state index in [2.05, 4.69) is 10.6 Å². The van der Waals surface area contributed by atoms with E-state index in [4.69, 9.17) is 0 Å². The van der Waals surface area contributed by atoms with Crippen molar-refractivity contribution in [2.75, 3.05) is 26.0 Å². The monoisotopic (exact) mass is 289 g/mol. The van der Waals surface area contributed by atoms with Crippen molar-refractivity contribution in [1.82, 2.24) is 10.2 Å². The summed E-state index contributed by atoms with van der Waals surface area (Å²) in [6.07, 6.45) is 2.99. The molecule has 1 heterocycles. The van der Waals surface area contributed by atoms with Crippen molar-refractivity contribution in [3.05, 3.63) is 29.8 Å². The predicted octanol–water partition coefficient (Wildman–Crippen LogP) is 1.86. The van der Waals surface area contributed by atoms with Crippen LogP contribution in [0.25, 0.3) is 0 Å². The molecule has 0 radical (unpaired) electrons. The summed E-state index contributed by atoms with van der Waals surface area (Å²) in [6.45, 7) is 2.79. The van der Waals surface area contributed by atoms with Gasteiger partial charge in [-0.2, -0.15) is 0 Å². The number of hydrogen-bond donors (Lipinski definition) is 2. The van der Waals surface area contributed by atoms with Crippen LogP contribution in [0.5, 0.6) is 0 Å². The highest BCUT2D eigenvalue weighted by molar-refractivity contribution is 6.00. The average molecular weight is 289 g/mol. The first kappa shape index (κ1) is 15.5. The van der Waals surface area contributed by atoms with Gasteiger partial charge in [-0.3, -0.25) is 9.59 Å². The van der Waals surface area contributed by atoms with Crippen LogP contribution in [0.4, 0.5) is 5.69 Å². The molecule has 0 bridgehead atoms. The summed E-state index contributed by atoms with van der Waals surface area (Å²) in [7, 11) is 3.42. The Morgan fingerprint density at radius 1 is 1.29 bits per heavy atom. The van der Waals surface area contributed by atoms with Crippen molar-refractivity contribution < 1.29 is 9.59 Å². The summed E-state index contributed by atoms with van der Waals surface area (Å²) in [5, 5.41) is 6.20. The third-order valence-electron chi connectivity index (χ3n) is 3.89. The minimum absolute atomic E-state index is 0.0448. The fourth-order valence-electron chi connectivity index (χ4n) is 2.51. The van der Waals surface area contributed by atoms with E-state index in [0.717, 1.165) is 25.8 Å². The highest BCUT2D eigenvalue weighted by atomic mass is 16.2. The van der Waals surface area contributed by atoms with Crippen LogP contribution in [0.3, 0.4) is 0 Å². The molecule has 2 amide bonds. The number of nitrogens with zero attached hydrogens (tertiary/aromatic N) is 1.